The zero-order valence-electron chi connectivity index (χ0n) is 11.2. The van der Waals surface area contributed by atoms with E-state index in [1.807, 2.05) is 0 Å². The molecule has 2 aromatic rings. The van der Waals surface area contributed by atoms with E-state index in [-0.39, 0.29) is 10.8 Å². The summed E-state index contributed by atoms with van der Waals surface area (Å²) < 4.78 is 9.95. The van der Waals surface area contributed by atoms with Gasteiger partial charge in [-0.25, -0.2) is 14.8 Å². The second-order valence-corrected chi connectivity index (χ2v) is 4.26. The largest absolute Gasteiger partial charge is 0.493 e. The first-order chi connectivity index (χ1) is 9.56. The van der Waals surface area contributed by atoms with Crippen LogP contribution in [0.3, 0.4) is 0 Å². The van der Waals surface area contributed by atoms with Crippen LogP contribution in [0.1, 0.15) is 16.1 Å². The minimum absolute atomic E-state index is 0.0612. The van der Waals surface area contributed by atoms with Gasteiger partial charge in [0.05, 0.1) is 26.0 Å². The Labute approximate surface area is 120 Å². The first kappa shape index (κ1) is 14.2. The van der Waals surface area contributed by atoms with Crippen LogP contribution in [-0.2, 0) is 4.74 Å². The molecule has 0 saturated heterocycles. The van der Waals surface area contributed by atoms with Crippen LogP contribution in [-0.4, -0.2) is 35.1 Å². The minimum atomic E-state index is -0.510. The number of rotatable bonds is 3. The molecule has 0 spiro atoms. The molecule has 6 nitrogen and oxygen atoms in total. The van der Waals surface area contributed by atoms with Crippen molar-refractivity contribution < 1.29 is 14.3 Å². The highest BCUT2D eigenvalue weighted by Gasteiger charge is 2.19. The van der Waals surface area contributed by atoms with Gasteiger partial charge in [-0.2, -0.15) is 0 Å². The van der Waals surface area contributed by atoms with E-state index in [0.717, 1.165) is 5.69 Å². The van der Waals surface area contributed by atoms with E-state index in [1.54, 1.807) is 13.0 Å². The van der Waals surface area contributed by atoms with E-state index in [4.69, 9.17) is 21.1 Å². The fourth-order valence-electron chi connectivity index (χ4n) is 1.72. The number of aryl methyl sites for hydroxylation is 1. The molecule has 0 bridgehead atoms. The topological polar surface area (TPSA) is 74.2 Å². The Bertz CT molecular complexity index is 661. The molecule has 0 aliphatic rings. The number of pyridine rings is 1. The molecule has 0 aliphatic heterocycles. The fraction of sp³-hybridized carbons (Fsp3) is 0.231. The molecule has 0 radical (unpaired) electrons. The Balaban J connectivity index is 2.71. The quantitative estimate of drug-likeness (QED) is 0.638. The van der Waals surface area contributed by atoms with Crippen LogP contribution in [0.4, 0.5) is 0 Å². The number of aromatic nitrogens is 3. The summed E-state index contributed by atoms with van der Waals surface area (Å²) in [4.78, 5) is 23.9. The Kier molecular flexibility index (Phi) is 4.14. The van der Waals surface area contributed by atoms with E-state index >= 15 is 0 Å². The summed E-state index contributed by atoms with van der Waals surface area (Å²) in [5, 5.41) is 0.0612. The van der Waals surface area contributed by atoms with Gasteiger partial charge in [0.25, 0.3) is 0 Å². The highest BCUT2D eigenvalue weighted by atomic mass is 35.5. The van der Waals surface area contributed by atoms with Crippen molar-refractivity contribution in [1.29, 1.82) is 0 Å². The van der Waals surface area contributed by atoms with Crippen molar-refractivity contribution in [3.63, 3.8) is 0 Å². The molecule has 20 heavy (non-hydrogen) atoms. The lowest BCUT2D eigenvalue weighted by molar-refractivity contribution is 0.0601. The summed E-state index contributed by atoms with van der Waals surface area (Å²) >= 11 is 5.82. The number of hydrogen-bond donors (Lipinski definition) is 0. The maximum Gasteiger partial charge on any atom is 0.340 e. The number of nitrogens with zero attached hydrogens (tertiary/aromatic N) is 3. The second kappa shape index (κ2) is 5.83. The average Bonchev–Trinajstić information content (AvgIpc) is 2.46. The molecule has 7 heteroatoms. The molecule has 0 aliphatic carbocycles. The van der Waals surface area contributed by atoms with Crippen LogP contribution in [0.5, 0.6) is 5.75 Å². The normalized spacial score (nSPS) is 10.2. The van der Waals surface area contributed by atoms with Crippen LogP contribution in [0.15, 0.2) is 18.5 Å². The number of ether oxygens (including phenoxy) is 2. The number of halogens is 1. The first-order valence-corrected chi connectivity index (χ1v) is 6.06. The van der Waals surface area contributed by atoms with Crippen molar-refractivity contribution in [2.45, 2.75) is 6.92 Å². The third kappa shape index (κ3) is 2.70. The maximum absolute atomic E-state index is 11.8. The third-order valence-electron chi connectivity index (χ3n) is 2.65. The highest BCUT2D eigenvalue weighted by molar-refractivity contribution is 6.28. The van der Waals surface area contributed by atoms with Crippen LogP contribution in [0, 0.1) is 6.92 Å². The van der Waals surface area contributed by atoms with E-state index in [2.05, 4.69) is 15.0 Å². The maximum atomic E-state index is 11.8. The molecule has 0 aromatic carbocycles. The Morgan fingerprint density at radius 3 is 2.65 bits per heavy atom. The SMILES string of the molecule is COC(=O)c1cnc(C)cc1-c1nc(Cl)ncc1OC. The predicted molar refractivity (Wildman–Crippen MR) is 72.9 cm³/mol. The fourth-order valence-corrected chi connectivity index (χ4v) is 1.85. The lowest BCUT2D eigenvalue weighted by Crippen LogP contribution is -2.06. The molecule has 0 unspecified atom stereocenters. The van der Waals surface area contributed by atoms with Gasteiger partial charge in [0.15, 0.2) is 5.75 Å². The molecule has 104 valence electrons. The van der Waals surface area contributed by atoms with Crippen molar-refractivity contribution in [2.24, 2.45) is 0 Å². The van der Waals surface area contributed by atoms with Crippen LogP contribution >= 0.6 is 11.6 Å². The van der Waals surface area contributed by atoms with Crippen molar-refractivity contribution in [3.8, 4) is 17.0 Å². The average molecular weight is 294 g/mol. The predicted octanol–water partition coefficient (Wildman–Crippen LogP) is 2.30. The Morgan fingerprint density at radius 1 is 1.25 bits per heavy atom. The summed E-state index contributed by atoms with van der Waals surface area (Å²) in [7, 11) is 2.79. The molecule has 0 saturated carbocycles. The number of hydrogen-bond acceptors (Lipinski definition) is 6. The van der Waals surface area contributed by atoms with Gasteiger partial charge in [-0.15, -0.1) is 0 Å². The summed E-state index contributed by atoms with van der Waals surface area (Å²) in [6.45, 7) is 1.81. The zero-order valence-corrected chi connectivity index (χ0v) is 11.9. The molecular weight excluding hydrogens is 282 g/mol. The van der Waals surface area contributed by atoms with Gasteiger partial charge in [0.1, 0.15) is 5.69 Å². The van der Waals surface area contributed by atoms with Crippen LogP contribution in [0.2, 0.25) is 5.28 Å². The molecule has 2 rings (SSSR count). The minimum Gasteiger partial charge on any atom is -0.493 e. The molecule has 0 atom stereocenters. The van der Waals surface area contributed by atoms with Gasteiger partial charge in [-0.05, 0) is 24.6 Å². The van der Waals surface area contributed by atoms with Gasteiger partial charge in [0.2, 0.25) is 5.28 Å². The van der Waals surface area contributed by atoms with Crippen LogP contribution < -0.4 is 4.74 Å². The monoisotopic (exact) mass is 293 g/mol. The Morgan fingerprint density at radius 2 is 2.00 bits per heavy atom. The summed E-state index contributed by atoms with van der Waals surface area (Å²) in [6, 6.07) is 1.72. The van der Waals surface area contributed by atoms with E-state index in [9.17, 15) is 4.79 Å². The Hall–Kier alpha value is -2.21. The number of carbonyl (C=O) groups excluding carboxylic acids is 1. The van der Waals surface area contributed by atoms with Gasteiger partial charge in [0, 0.05) is 17.5 Å². The van der Waals surface area contributed by atoms with Crippen LogP contribution in [0.25, 0.3) is 11.3 Å². The van der Waals surface area contributed by atoms with Crippen molar-refractivity contribution in [3.05, 3.63) is 35.0 Å². The van der Waals surface area contributed by atoms with Crippen molar-refractivity contribution >= 4 is 17.6 Å². The highest BCUT2D eigenvalue weighted by Crippen LogP contribution is 2.31. The molecule has 0 amide bonds. The van der Waals surface area contributed by atoms with Gasteiger partial charge in [-0.3, -0.25) is 4.98 Å². The molecule has 0 N–H and O–H groups in total. The lowest BCUT2D eigenvalue weighted by atomic mass is 10.1. The molecular formula is C13H12ClN3O3. The van der Waals surface area contributed by atoms with Gasteiger partial charge < -0.3 is 9.47 Å². The molecule has 2 heterocycles. The number of carbonyl (C=O) groups is 1. The van der Waals surface area contributed by atoms with Gasteiger partial charge in [-0.1, -0.05) is 0 Å². The number of methoxy groups -OCH3 is 2. The van der Waals surface area contributed by atoms with Gasteiger partial charge >= 0.3 is 5.97 Å². The smallest absolute Gasteiger partial charge is 0.340 e. The second-order valence-electron chi connectivity index (χ2n) is 3.92. The van der Waals surface area contributed by atoms with E-state index in [0.29, 0.717) is 17.0 Å². The van der Waals surface area contributed by atoms with Crippen molar-refractivity contribution in [2.75, 3.05) is 14.2 Å². The lowest BCUT2D eigenvalue weighted by Gasteiger charge is -2.11. The molecule has 2 aromatic heterocycles. The summed E-state index contributed by atoms with van der Waals surface area (Å²) in [6.07, 6.45) is 2.88. The number of esters is 1. The third-order valence-corrected chi connectivity index (χ3v) is 2.83. The van der Waals surface area contributed by atoms with E-state index in [1.165, 1.54) is 26.6 Å². The first-order valence-electron chi connectivity index (χ1n) is 5.68. The van der Waals surface area contributed by atoms with Crippen molar-refractivity contribution in [1.82, 2.24) is 15.0 Å². The standard InChI is InChI=1S/C13H12ClN3O3/c1-7-4-8(9(5-15-7)12(18)20-3)11-10(19-2)6-16-13(14)17-11/h4-6H,1-3H3. The molecule has 0 fully saturated rings. The summed E-state index contributed by atoms with van der Waals surface area (Å²) in [5.41, 5.74) is 1.96. The van der Waals surface area contributed by atoms with E-state index < -0.39 is 5.97 Å². The summed E-state index contributed by atoms with van der Waals surface area (Å²) in [5.74, 6) is -0.102. The zero-order chi connectivity index (χ0) is 14.7.